The number of benzene rings is 1. The van der Waals surface area contributed by atoms with E-state index < -0.39 is 0 Å². The van der Waals surface area contributed by atoms with Crippen LogP contribution in [0.3, 0.4) is 0 Å². The molecule has 5 nitrogen and oxygen atoms in total. The molecule has 1 aliphatic rings. The maximum atomic E-state index is 12.1. The molecule has 98 valence electrons. The first-order valence-corrected chi connectivity index (χ1v) is 6.10. The number of hydrogen-bond donors (Lipinski definition) is 1. The van der Waals surface area contributed by atoms with E-state index in [1.54, 1.807) is 4.90 Å². The number of hydrogen-bond acceptors (Lipinski definition) is 3. The van der Waals surface area contributed by atoms with Crippen LogP contribution in [0.2, 0.25) is 0 Å². The van der Waals surface area contributed by atoms with Gasteiger partial charge in [-0.1, -0.05) is 12.1 Å². The van der Waals surface area contributed by atoms with Crippen LogP contribution in [0.25, 0.3) is 0 Å². The van der Waals surface area contributed by atoms with E-state index >= 15 is 0 Å². The van der Waals surface area contributed by atoms with Crippen LogP contribution in [0.1, 0.15) is 0 Å². The van der Waals surface area contributed by atoms with E-state index in [9.17, 15) is 4.79 Å². The number of urea groups is 1. The van der Waals surface area contributed by atoms with E-state index in [-0.39, 0.29) is 6.03 Å². The van der Waals surface area contributed by atoms with E-state index in [0.717, 1.165) is 18.0 Å². The van der Waals surface area contributed by atoms with Gasteiger partial charge in [0.1, 0.15) is 12.4 Å². The molecule has 18 heavy (non-hydrogen) atoms. The molecule has 1 N–H and O–H groups in total. The lowest BCUT2D eigenvalue weighted by atomic mass is 10.2. The molecule has 0 saturated heterocycles. The summed E-state index contributed by atoms with van der Waals surface area (Å²) in [5.74, 6) is 0.770. The molecule has 0 aliphatic carbocycles. The van der Waals surface area contributed by atoms with E-state index in [0.29, 0.717) is 19.7 Å². The third-order valence-electron chi connectivity index (χ3n) is 2.81. The highest BCUT2D eigenvalue weighted by Crippen LogP contribution is 2.30. The summed E-state index contributed by atoms with van der Waals surface area (Å²) in [5, 5.41) is 2.91. The Balaban J connectivity index is 1.99. The molecule has 1 heterocycles. The fraction of sp³-hybridized carbons (Fsp3) is 0.462. The molecule has 0 radical (unpaired) electrons. The van der Waals surface area contributed by atoms with E-state index in [4.69, 9.17) is 4.74 Å². The predicted octanol–water partition coefficient (Wildman–Crippen LogP) is 1.16. The van der Waals surface area contributed by atoms with E-state index in [2.05, 4.69) is 5.32 Å². The lowest BCUT2D eigenvalue weighted by molar-refractivity contribution is 0.238. The Hall–Kier alpha value is -1.75. The summed E-state index contributed by atoms with van der Waals surface area (Å²) < 4.78 is 5.52. The molecule has 0 unspecified atom stereocenters. The Bertz CT molecular complexity index is 420. The molecule has 0 bridgehead atoms. The van der Waals surface area contributed by atoms with Crippen LogP contribution in [-0.2, 0) is 0 Å². The van der Waals surface area contributed by atoms with Crippen LogP contribution >= 0.6 is 0 Å². The molecule has 2 amide bonds. The average molecular weight is 249 g/mol. The highest BCUT2D eigenvalue weighted by atomic mass is 16.5. The van der Waals surface area contributed by atoms with Crippen molar-refractivity contribution in [2.75, 3.05) is 45.2 Å². The fourth-order valence-electron chi connectivity index (χ4n) is 1.86. The Labute approximate surface area is 107 Å². The number of carbonyl (C=O) groups excluding carboxylic acids is 1. The highest BCUT2D eigenvalue weighted by Gasteiger charge is 2.22. The Morgan fingerprint density at radius 3 is 3.00 bits per heavy atom. The first-order chi connectivity index (χ1) is 8.68. The summed E-state index contributed by atoms with van der Waals surface area (Å²) in [4.78, 5) is 15.8. The molecule has 0 aromatic heterocycles. The van der Waals surface area contributed by atoms with Crippen molar-refractivity contribution in [3.8, 4) is 5.75 Å². The van der Waals surface area contributed by atoms with Crippen LogP contribution in [-0.4, -0.2) is 51.3 Å². The average Bonchev–Trinajstić information content (AvgIpc) is 2.37. The maximum absolute atomic E-state index is 12.1. The quantitative estimate of drug-likeness (QED) is 0.874. The minimum Gasteiger partial charge on any atom is -0.490 e. The molecular formula is C13H19N3O2. The molecule has 1 aliphatic heterocycles. The number of anilines is 1. The summed E-state index contributed by atoms with van der Waals surface area (Å²) in [5.41, 5.74) is 0.839. The third kappa shape index (κ3) is 2.92. The zero-order valence-corrected chi connectivity index (χ0v) is 10.8. The van der Waals surface area contributed by atoms with Gasteiger partial charge in [0.15, 0.2) is 0 Å². The second-order valence-electron chi connectivity index (χ2n) is 4.50. The van der Waals surface area contributed by atoms with E-state index in [1.165, 1.54) is 0 Å². The van der Waals surface area contributed by atoms with Gasteiger partial charge in [-0.25, -0.2) is 4.79 Å². The van der Waals surface area contributed by atoms with Gasteiger partial charge >= 0.3 is 6.03 Å². The van der Waals surface area contributed by atoms with Crippen LogP contribution in [0.5, 0.6) is 5.75 Å². The number of amides is 2. The van der Waals surface area contributed by atoms with Gasteiger partial charge < -0.3 is 15.0 Å². The van der Waals surface area contributed by atoms with Gasteiger partial charge in [0.25, 0.3) is 0 Å². The number of fused-ring (bicyclic) bond motifs is 1. The van der Waals surface area contributed by atoms with Gasteiger partial charge in [-0.15, -0.1) is 0 Å². The number of likely N-dealkylation sites (N-methyl/N-ethyl adjacent to an activating group) is 1. The highest BCUT2D eigenvalue weighted by molar-refractivity contribution is 5.94. The van der Waals surface area contributed by atoms with Gasteiger partial charge in [-0.3, -0.25) is 4.90 Å². The normalized spacial score (nSPS) is 14.1. The zero-order valence-electron chi connectivity index (χ0n) is 10.8. The number of carbonyl (C=O) groups is 1. The first-order valence-electron chi connectivity index (χ1n) is 6.10. The molecule has 0 fully saturated rings. The summed E-state index contributed by atoms with van der Waals surface area (Å²) >= 11 is 0. The molecule has 0 atom stereocenters. The summed E-state index contributed by atoms with van der Waals surface area (Å²) in [6, 6.07) is 7.54. The second kappa shape index (κ2) is 5.73. The number of rotatable bonds is 3. The van der Waals surface area contributed by atoms with Crippen LogP contribution in [0.15, 0.2) is 24.3 Å². The largest absolute Gasteiger partial charge is 0.490 e. The van der Waals surface area contributed by atoms with Crippen molar-refractivity contribution in [3.63, 3.8) is 0 Å². The molecule has 2 rings (SSSR count). The second-order valence-corrected chi connectivity index (χ2v) is 4.50. The molecule has 0 spiro atoms. The van der Waals surface area contributed by atoms with Crippen molar-refractivity contribution in [1.29, 1.82) is 0 Å². The molecule has 1 aromatic rings. The van der Waals surface area contributed by atoms with Gasteiger partial charge in [-0.05, 0) is 26.2 Å². The van der Waals surface area contributed by atoms with Crippen molar-refractivity contribution < 1.29 is 9.53 Å². The predicted molar refractivity (Wildman–Crippen MR) is 71.2 cm³/mol. The molecular weight excluding hydrogens is 230 g/mol. The SMILES string of the molecule is CN(C)CCNC(=O)N1CCOc2ccccc21. The Morgan fingerprint density at radius 2 is 2.22 bits per heavy atom. The van der Waals surface area contributed by atoms with Gasteiger partial charge in [0, 0.05) is 13.1 Å². The topological polar surface area (TPSA) is 44.8 Å². The molecule has 5 heteroatoms. The summed E-state index contributed by atoms with van der Waals surface area (Å²) in [7, 11) is 3.96. The lowest BCUT2D eigenvalue weighted by Gasteiger charge is -2.29. The minimum absolute atomic E-state index is 0.0624. The lowest BCUT2D eigenvalue weighted by Crippen LogP contribution is -2.45. The van der Waals surface area contributed by atoms with Crippen molar-refractivity contribution in [2.45, 2.75) is 0 Å². The summed E-state index contributed by atoms with van der Waals surface area (Å²) in [6.45, 7) is 2.60. The number of ether oxygens (including phenoxy) is 1. The Morgan fingerprint density at radius 1 is 1.44 bits per heavy atom. The van der Waals surface area contributed by atoms with Crippen LogP contribution in [0.4, 0.5) is 10.5 Å². The Kier molecular flexibility index (Phi) is 4.04. The fourth-order valence-corrected chi connectivity index (χ4v) is 1.86. The minimum atomic E-state index is -0.0624. The number of nitrogens with zero attached hydrogens (tertiary/aromatic N) is 2. The van der Waals surface area contributed by atoms with Crippen LogP contribution < -0.4 is 15.0 Å². The summed E-state index contributed by atoms with van der Waals surface area (Å²) in [6.07, 6.45) is 0. The van der Waals surface area contributed by atoms with Crippen molar-refractivity contribution in [1.82, 2.24) is 10.2 Å². The number of para-hydroxylation sites is 2. The van der Waals surface area contributed by atoms with Crippen molar-refractivity contribution in [2.24, 2.45) is 0 Å². The monoisotopic (exact) mass is 249 g/mol. The first kappa shape index (κ1) is 12.7. The molecule has 0 saturated carbocycles. The van der Waals surface area contributed by atoms with Gasteiger partial charge in [0.2, 0.25) is 0 Å². The zero-order chi connectivity index (χ0) is 13.0. The smallest absolute Gasteiger partial charge is 0.322 e. The maximum Gasteiger partial charge on any atom is 0.322 e. The van der Waals surface area contributed by atoms with Crippen molar-refractivity contribution in [3.05, 3.63) is 24.3 Å². The van der Waals surface area contributed by atoms with Gasteiger partial charge in [0.05, 0.1) is 12.2 Å². The van der Waals surface area contributed by atoms with Gasteiger partial charge in [-0.2, -0.15) is 0 Å². The standard InChI is InChI=1S/C13H19N3O2/c1-15(2)8-7-14-13(17)16-9-10-18-12-6-4-3-5-11(12)16/h3-6H,7-10H2,1-2H3,(H,14,17). The number of nitrogens with one attached hydrogen (secondary N) is 1. The third-order valence-corrected chi connectivity index (χ3v) is 2.81. The van der Waals surface area contributed by atoms with Crippen LogP contribution in [0, 0.1) is 0 Å². The molecule has 1 aromatic carbocycles. The van der Waals surface area contributed by atoms with Crippen molar-refractivity contribution >= 4 is 11.7 Å². The van der Waals surface area contributed by atoms with E-state index in [1.807, 2.05) is 43.3 Å².